The smallest absolute Gasteiger partial charge is 0.328 e. The molecule has 0 saturated heterocycles. The summed E-state index contributed by atoms with van der Waals surface area (Å²) in [5, 5.41) is 2.80. The molecule has 0 aliphatic carbocycles. The second-order valence-corrected chi connectivity index (χ2v) is 5.74. The maximum Gasteiger partial charge on any atom is 0.328 e. The van der Waals surface area contributed by atoms with Crippen LogP contribution in [0.25, 0.3) is 10.8 Å². The number of benzene rings is 2. The molecule has 0 aliphatic rings. The standard InChI is InChI=1S/C19H16N2O5/c1-12(17(23)13-7-3-2-4-8-13)26-16(22)11-21-19(25)15-10-6-5-9-14(15)18(24)20-21/h2-10,12H,11H2,1H3,(H,20,24)/t12-/m1/s1. The van der Waals surface area contributed by atoms with Gasteiger partial charge in [-0.25, -0.2) is 4.68 Å². The first kappa shape index (κ1) is 17.3. The molecule has 0 bridgehead atoms. The molecule has 1 atom stereocenters. The summed E-state index contributed by atoms with van der Waals surface area (Å²) < 4.78 is 5.99. The van der Waals surface area contributed by atoms with E-state index in [1.807, 2.05) is 0 Å². The number of rotatable bonds is 5. The van der Waals surface area contributed by atoms with Gasteiger partial charge in [0, 0.05) is 5.56 Å². The number of esters is 1. The molecule has 0 aliphatic heterocycles. The van der Waals surface area contributed by atoms with Gasteiger partial charge in [-0.2, -0.15) is 0 Å². The zero-order chi connectivity index (χ0) is 18.7. The lowest BCUT2D eigenvalue weighted by Gasteiger charge is -2.13. The average molecular weight is 352 g/mol. The third-order valence-electron chi connectivity index (χ3n) is 3.91. The normalized spacial score (nSPS) is 11.9. The number of ether oxygens (including phenoxy) is 1. The van der Waals surface area contributed by atoms with Crippen molar-refractivity contribution in [1.82, 2.24) is 9.78 Å². The van der Waals surface area contributed by atoms with E-state index in [4.69, 9.17) is 4.74 Å². The number of aromatic nitrogens is 2. The van der Waals surface area contributed by atoms with Crippen LogP contribution in [0.2, 0.25) is 0 Å². The maximum atomic E-state index is 12.4. The molecule has 7 nitrogen and oxygen atoms in total. The molecule has 1 aromatic heterocycles. The Morgan fingerprint density at radius 3 is 2.31 bits per heavy atom. The van der Waals surface area contributed by atoms with Crippen LogP contribution in [-0.4, -0.2) is 27.6 Å². The van der Waals surface area contributed by atoms with Crippen molar-refractivity contribution in [3.63, 3.8) is 0 Å². The molecule has 0 unspecified atom stereocenters. The Bertz CT molecular complexity index is 1080. The Kier molecular flexibility index (Phi) is 4.79. The fraction of sp³-hybridized carbons (Fsp3) is 0.158. The largest absolute Gasteiger partial charge is 0.453 e. The van der Waals surface area contributed by atoms with Crippen molar-refractivity contribution in [2.45, 2.75) is 19.6 Å². The van der Waals surface area contributed by atoms with Gasteiger partial charge in [0.15, 0.2) is 6.10 Å². The van der Waals surface area contributed by atoms with E-state index in [9.17, 15) is 19.2 Å². The summed E-state index contributed by atoms with van der Waals surface area (Å²) in [5.41, 5.74) is -0.579. The average Bonchev–Trinajstić information content (AvgIpc) is 2.66. The molecule has 7 heteroatoms. The lowest BCUT2D eigenvalue weighted by Crippen LogP contribution is -2.34. The lowest BCUT2D eigenvalue weighted by atomic mass is 10.1. The molecule has 132 valence electrons. The predicted molar refractivity (Wildman–Crippen MR) is 95.2 cm³/mol. The highest BCUT2D eigenvalue weighted by Crippen LogP contribution is 2.07. The van der Waals surface area contributed by atoms with Crippen LogP contribution in [0.4, 0.5) is 0 Å². The van der Waals surface area contributed by atoms with Crippen LogP contribution >= 0.6 is 0 Å². The highest BCUT2D eigenvalue weighted by atomic mass is 16.5. The van der Waals surface area contributed by atoms with Gasteiger partial charge in [-0.3, -0.25) is 24.3 Å². The number of fused-ring (bicyclic) bond motifs is 1. The van der Waals surface area contributed by atoms with Gasteiger partial charge in [-0.1, -0.05) is 42.5 Å². The number of ketones is 1. The van der Waals surface area contributed by atoms with Crippen molar-refractivity contribution < 1.29 is 14.3 Å². The summed E-state index contributed by atoms with van der Waals surface area (Å²) in [4.78, 5) is 48.7. The molecular weight excluding hydrogens is 336 g/mol. The van der Waals surface area contributed by atoms with Gasteiger partial charge in [-0.05, 0) is 19.1 Å². The number of carbonyl (C=O) groups excluding carboxylic acids is 2. The number of nitrogens with one attached hydrogen (secondary N) is 1. The number of Topliss-reactive ketones (excluding diaryl/α,β-unsaturated/α-hetero) is 1. The van der Waals surface area contributed by atoms with Crippen molar-refractivity contribution in [2.75, 3.05) is 0 Å². The minimum absolute atomic E-state index is 0.206. The quantitative estimate of drug-likeness (QED) is 0.554. The topological polar surface area (TPSA) is 98.2 Å². The molecule has 0 amide bonds. The van der Waals surface area contributed by atoms with Gasteiger partial charge >= 0.3 is 5.97 Å². The van der Waals surface area contributed by atoms with Gasteiger partial charge < -0.3 is 4.74 Å². The molecule has 3 rings (SSSR count). The van der Waals surface area contributed by atoms with Gasteiger partial charge in [0.05, 0.1) is 10.8 Å². The second-order valence-electron chi connectivity index (χ2n) is 5.74. The van der Waals surface area contributed by atoms with Gasteiger partial charge in [0.2, 0.25) is 5.78 Å². The highest BCUT2D eigenvalue weighted by molar-refractivity contribution is 6.00. The van der Waals surface area contributed by atoms with Gasteiger partial charge in [0.1, 0.15) is 6.54 Å². The van der Waals surface area contributed by atoms with Crippen molar-refractivity contribution >= 4 is 22.5 Å². The monoisotopic (exact) mass is 352 g/mol. The molecule has 2 aromatic carbocycles. The summed E-state index contributed by atoms with van der Waals surface area (Å²) in [6.45, 7) is 0.963. The summed E-state index contributed by atoms with van der Waals surface area (Å²) in [6, 6.07) is 14.8. The van der Waals surface area contributed by atoms with Crippen LogP contribution in [0, 0.1) is 0 Å². The first-order valence-electron chi connectivity index (χ1n) is 7.98. The minimum Gasteiger partial charge on any atom is -0.453 e. The van der Waals surface area contributed by atoms with E-state index in [0.717, 1.165) is 4.68 Å². The lowest BCUT2D eigenvalue weighted by molar-refractivity contribution is -0.147. The molecule has 3 aromatic rings. The van der Waals surface area contributed by atoms with E-state index in [2.05, 4.69) is 5.10 Å². The van der Waals surface area contributed by atoms with E-state index < -0.39 is 29.7 Å². The zero-order valence-electron chi connectivity index (χ0n) is 14.0. The van der Waals surface area contributed by atoms with Crippen molar-refractivity contribution in [3.8, 4) is 0 Å². The number of H-pyrrole nitrogens is 1. The zero-order valence-corrected chi connectivity index (χ0v) is 14.0. The molecule has 0 radical (unpaired) electrons. The Morgan fingerprint density at radius 1 is 1.00 bits per heavy atom. The van der Waals surface area contributed by atoms with E-state index >= 15 is 0 Å². The Hall–Kier alpha value is -3.48. The first-order valence-corrected chi connectivity index (χ1v) is 7.98. The van der Waals surface area contributed by atoms with E-state index in [1.54, 1.807) is 42.5 Å². The van der Waals surface area contributed by atoms with Crippen LogP contribution in [0.15, 0.2) is 64.2 Å². The molecule has 1 heterocycles. The second kappa shape index (κ2) is 7.18. The number of carbonyl (C=O) groups is 2. The van der Waals surface area contributed by atoms with Crippen LogP contribution < -0.4 is 11.1 Å². The fourth-order valence-electron chi connectivity index (χ4n) is 2.61. The van der Waals surface area contributed by atoms with E-state index in [0.29, 0.717) is 5.56 Å². The van der Waals surface area contributed by atoms with Crippen LogP contribution in [0.5, 0.6) is 0 Å². The van der Waals surface area contributed by atoms with Gasteiger partial charge in [0.25, 0.3) is 11.1 Å². The fourth-order valence-corrected chi connectivity index (χ4v) is 2.61. The van der Waals surface area contributed by atoms with Crippen LogP contribution in [0.1, 0.15) is 17.3 Å². The SMILES string of the molecule is C[C@@H](OC(=O)Cn1[nH]c(=O)c2ccccc2c1=O)C(=O)c1ccccc1. The molecule has 26 heavy (non-hydrogen) atoms. The van der Waals surface area contributed by atoms with Crippen LogP contribution in [0.3, 0.4) is 0 Å². The number of hydrogen-bond donors (Lipinski definition) is 1. The summed E-state index contributed by atoms with van der Waals surface area (Å²) in [6.07, 6.45) is -1.01. The highest BCUT2D eigenvalue weighted by Gasteiger charge is 2.20. The number of aromatic amines is 1. The molecule has 1 N–H and O–H groups in total. The Labute approximate surface area is 147 Å². The van der Waals surface area contributed by atoms with E-state index in [-0.39, 0.29) is 16.6 Å². The summed E-state index contributed by atoms with van der Waals surface area (Å²) in [7, 11) is 0. The summed E-state index contributed by atoms with van der Waals surface area (Å²) in [5.74, 6) is -1.15. The summed E-state index contributed by atoms with van der Waals surface area (Å²) >= 11 is 0. The Balaban J connectivity index is 1.77. The van der Waals surface area contributed by atoms with E-state index in [1.165, 1.54) is 19.1 Å². The molecule has 0 saturated carbocycles. The van der Waals surface area contributed by atoms with Crippen molar-refractivity contribution in [3.05, 3.63) is 80.9 Å². The number of nitrogens with zero attached hydrogens (tertiary/aromatic N) is 1. The minimum atomic E-state index is -1.01. The third kappa shape index (κ3) is 3.46. The van der Waals surface area contributed by atoms with Crippen LogP contribution in [-0.2, 0) is 16.1 Å². The van der Waals surface area contributed by atoms with Crippen molar-refractivity contribution in [2.24, 2.45) is 0 Å². The molecule has 0 spiro atoms. The van der Waals surface area contributed by atoms with Crippen molar-refractivity contribution in [1.29, 1.82) is 0 Å². The molecular formula is C19H16N2O5. The van der Waals surface area contributed by atoms with Gasteiger partial charge in [-0.15, -0.1) is 0 Å². The Morgan fingerprint density at radius 2 is 1.62 bits per heavy atom. The molecule has 0 fully saturated rings. The first-order chi connectivity index (χ1) is 12.5. The third-order valence-corrected chi connectivity index (χ3v) is 3.91. The maximum absolute atomic E-state index is 12.4. The predicted octanol–water partition coefficient (Wildman–Crippen LogP) is 1.50. The number of hydrogen-bond acceptors (Lipinski definition) is 5.